The van der Waals surface area contributed by atoms with E-state index in [0.29, 0.717) is 5.82 Å². The van der Waals surface area contributed by atoms with E-state index in [1.807, 2.05) is 24.3 Å². The van der Waals surface area contributed by atoms with Crippen LogP contribution >= 0.6 is 0 Å². The second kappa shape index (κ2) is 2.94. The van der Waals surface area contributed by atoms with Gasteiger partial charge in [-0.05, 0) is 0 Å². The van der Waals surface area contributed by atoms with Crippen LogP contribution < -0.4 is 10.5 Å². The minimum atomic E-state index is 0.538. The van der Waals surface area contributed by atoms with E-state index in [4.69, 9.17) is 10.5 Å². The average Bonchev–Trinajstić information content (AvgIpc) is 2.19. The number of methoxy groups -OCH3 is 1. The van der Waals surface area contributed by atoms with Gasteiger partial charge in [-0.3, -0.25) is 0 Å². The largest absolute Gasteiger partial charge is 0.494 e. The van der Waals surface area contributed by atoms with Gasteiger partial charge in [-0.15, -0.1) is 0 Å². The first kappa shape index (κ1) is 7.86. The highest BCUT2D eigenvalue weighted by Crippen LogP contribution is 2.27. The van der Waals surface area contributed by atoms with Crippen LogP contribution in [0.2, 0.25) is 0 Å². The summed E-state index contributed by atoms with van der Waals surface area (Å²) in [5.74, 6) is 1.29. The lowest BCUT2D eigenvalue weighted by Crippen LogP contribution is -1.93. The van der Waals surface area contributed by atoms with Gasteiger partial charge in [0.05, 0.1) is 13.3 Å². The van der Waals surface area contributed by atoms with Crippen molar-refractivity contribution in [2.24, 2.45) is 0 Å². The molecule has 2 N–H and O–H groups in total. The normalized spacial score (nSPS) is 10.2. The van der Waals surface area contributed by atoms with Gasteiger partial charge in [0.25, 0.3) is 0 Å². The highest BCUT2D eigenvalue weighted by molar-refractivity contribution is 5.94. The topological polar surface area (TPSA) is 48.1 Å². The number of hydrogen-bond acceptors (Lipinski definition) is 3. The van der Waals surface area contributed by atoms with Crippen LogP contribution in [0.25, 0.3) is 10.8 Å². The summed E-state index contributed by atoms with van der Waals surface area (Å²) in [5.41, 5.74) is 5.71. The number of fused-ring (bicyclic) bond motifs is 1. The number of nitrogens with zero attached hydrogens (tertiary/aromatic N) is 1. The number of anilines is 1. The molecule has 66 valence electrons. The number of ether oxygens (including phenoxy) is 1. The lowest BCUT2D eigenvalue weighted by Gasteiger charge is -2.05. The summed E-state index contributed by atoms with van der Waals surface area (Å²) in [6.45, 7) is 0. The predicted octanol–water partition coefficient (Wildman–Crippen LogP) is 1.83. The Balaban J connectivity index is 2.84. The minimum absolute atomic E-state index is 0.538. The molecule has 1 heterocycles. The Morgan fingerprint density at radius 1 is 1.23 bits per heavy atom. The second-order valence-electron chi connectivity index (χ2n) is 2.76. The Labute approximate surface area is 76.2 Å². The second-order valence-corrected chi connectivity index (χ2v) is 2.76. The van der Waals surface area contributed by atoms with Crippen molar-refractivity contribution < 1.29 is 4.74 Å². The Bertz CT molecular complexity index is 440. The number of aromatic nitrogens is 1. The molecule has 0 aliphatic carbocycles. The van der Waals surface area contributed by atoms with Crippen LogP contribution in [-0.4, -0.2) is 12.1 Å². The van der Waals surface area contributed by atoms with Gasteiger partial charge >= 0.3 is 0 Å². The van der Waals surface area contributed by atoms with Gasteiger partial charge in [0.1, 0.15) is 11.6 Å². The van der Waals surface area contributed by atoms with Gasteiger partial charge in [0.2, 0.25) is 0 Å². The maximum Gasteiger partial charge on any atom is 0.145 e. The van der Waals surface area contributed by atoms with Crippen LogP contribution in [0.15, 0.2) is 30.5 Å². The van der Waals surface area contributed by atoms with Crippen molar-refractivity contribution in [2.45, 2.75) is 0 Å². The Kier molecular flexibility index (Phi) is 1.77. The van der Waals surface area contributed by atoms with Crippen molar-refractivity contribution in [2.75, 3.05) is 12.8 Å². The van der Waals surface area contributed by atoms with Gasteiger partial charge in [-0.2, -0.15) is 0 Å². The van der Waals surface area contributed by atoms with E-state index in [2.05, 4.69) is 4.98 Å². The molecule has 0 fully saturated rings. The lowest BCUT2D eigenvalue weighted by molar-refractivity contribution is 0.418. The zero-order chi connectivity index (χ0) is 9.26. The number of hydrogen-bond donors (Lipinski definition) is 1. The van der Waals surface area contributed by atoms with E-state index in [-0.39, 0.29) is 0 Å². The summed E-state index contributed by atoms with van der Waals surface area (Å²) in [4.78, 5) is 4.03. The number of rotatable bonds is 1. The molecule has 1 aromatic carbocycles. The summed E-state index contributed by atoms with van der Waals surface area (Å²) in [5, 5.41) is 1.93. The maximum absolute atomic E-state index is 5.71. The van der Waals surface area contributed by atoms with Crippen LogP contribution in [0.4, 0.5) is 5.82 Å². The molecular formula is C10H10N2O. The van der Waals surface area contributed by atoms with Crippen molar-refractivity contribution in [1.82, 2.24) is 4.98 Å². The molecule has 0 aliphatic heterocycles. The number of nitrogens with two attached hydrogens (primary N) is 1. The minimum Gasteiger partial charge on any atom is -0.494 e. The Morgan fingerprint density at radius 3 is 2.62 bits per heavy atom. The van der Waals surface area contributed by atoms with Crippen LogP contribution in [0.1, 0.15) is 0 Å². The standard InChI is InChI=1S/C10H10N2O/c1-13-9-6-12-10(11)8-5-3-2-4-7(8)9/h2-6H,1H3,(H2,11,12). The van der Waals surface area contributed by atoms with Gasteiger partial charge in [-0.25, -0.2) is 4.98 Å². The van der Waals surface area contributed by atoms with Crippen molar-refractivity contribution in [3.8, 4) is 5.75 Å². The van der Waals surface area contributed by atoms with E-state index in [1.165, 1.54) is 0 Å². The van der Waals surface area contributed by atoms with Gasteiger partial charge in [0.15, 0.2) is 0 Å². The zero-order valence-corrected chi connectivity index (χ0v) is 7.32. The summed E-state index contributed by atoms with van der Waals surface area (Å²) >= 11 is 0. The van der Waals surface area contributed by atoms with E-state index in [0.717, 1.165) is 16.5 Å². The first-order valence-corrected chi connectivity index (χ1v) is 4.00. The maximum atomic E-state index is 5.71. The molecule has 0 spiro atoms. The van der Waals surface area contributed by atoms with Crippen LogP contribution in [0.3, 0.4) is 0 Å². The molecular weight excluding hydrogens is 164 g/mol. The molecule has 0 atom stereocenters. The third kappa shape index (κ3) is 1.18. The van der Waals surface area contributed by atoms with Gasteiger partial charge < -0.3 is 10.5 Å². The van der Waals surface area contributed by atoms with Crippen molar-refractivity contribution in [1.29, 1.82) is 0 Å². The molecule has 0 saturated carbocycles. The summed E-state index contributed by atoms with van der Waals surface area (Å²) in [7, 11) is 1.62. The summed E-state index contributed by atoms with van der Waals surface area (Å²) in [6.07, 6.45) is 1.64. The molecule has 3 heteroatoms. The van der Waals surface area contributed by atoms with E-state index in [1.54, 1.807) is 13.3 Å². The fourth-order valence-corrected chi connectivity index (χ4v) is 1.35. The van der Waals surface area contributed by atoms with Crippen molar-refractivity contribution in [3.05, 3.63) is 30.5 Å². The molecule has 3 nitrogen and oxygen atoms in total. The summed E-state index contributed by atoms with van der Waals surface area (Å²) in [6, 6.07) is 7.77. The van der Waals surface area contributed by atoms with Crippen LogP contribution in [0, 0.1) is 0 Å². The lowest BCUT2D eigenvalue weighted by atomic mass is 10.1. The monoisotopic (exact) mass is 174 g/mol. The molecule has 2 rings (SSSR count). The SMILES string of the molecule is COc1cnc(N)c2ccccc12. The molecule has 0 unspecified atom stereocenters. The molecule has 0 radical (unpaired) electrons. The zero-order valence-electron chi connectivity index (χ0n) is 7.32. The first-order valence-electron chi connectivity index (χ1n) is 4.00. The fourth-order valence-electron chi connectivity index (χ4n) is 1.35. The molecule has 0 aliphatic rings. The van der Waals surface area contributed by atoms with Gasteiger partial charge in [-0.1, -0.05) is 24.3 Å². The van der Waals surface area contributed by atoms with Crippen molar-refractivity contribution in [3.63, 3.8) is 0 Å². The molecule has 1 aromatic heterocycles. The highest BCUT2D eigenvalue weighted by atomic mass is 16.5. The highest BCUT2D eigenvalue weighted by Gasteiger charge is 2.03. The van der Waals surface area contributed by atoms with Crippen molar-refractivity contribution >= 4 is 16.6 Å². The fraction of sp³-hybridized carbons (Fsp3) is 0.100. The van der Waals surface area contributed by atoms with Crippen LogP contribution in [0.5, 0.6) is 5.75 Å². The molecule has 0 bridgehead atoms. The third-order valence-electron chi connectivity index (χ3n) is 2.01. The van der Waals surface area contributed by atoms with Crippen LogP contribution in [-0.2, 0) is 0 Å². The number of pyridine rings is 1. The molecule has 13 heavy (non-hydrogen) atoms. The molecule has 0 amide bonds. The Hall–Kier alpha value is -1.77. The number of nitrogen functional groups attached to an aromatic ring is 1. The van der Waals surface area contributed by atoms with E-state index in [9.17, 15) is 0 Å². The quantitative estimate of drug-likeness (QED) is 0.717. The van der Waals surface area contributed by atoms with Gasteiger partial charge in [0, 0.05) is 10.8 Å². The molecule has 2 aromatic rings. The average molecular weight is 174 g/mol. The van der Waals surface area contributed by atoms with E-state index >= 15 is 0 Å². The smallest absolute Gasteiger partial charge is 0.145 e. The van der Waals surface area contributed by atoms with E-state index < -0.39 is 0 Å². The molecule has 0 saturated heterocycles. The predicted molar refractivity (Wildman–Crippen MR) is 52.7 cm³/mol. The first-order chi connectivity index (χ1) is 6.33. The number of benzene rings is 1. The third-order valence-corrected chi connectivity index (χ3v) is 2.01. The summed E-state index contributed by atoms with van der Waals surface area (Å²) < 4.78 is 5.16. The Morgan fingerprint density at radius 2 is 1.92 bits per heavy atom.